The molecule has 0 heterocycles. The van der Waals surface area contributed by atoms with Gasteiger partial charge in [0.1, 0.15) is 24.2 Å². The van der Waals surface area contributed by atoms with Gasteiger partial charge in [0.15, 0.2) is 0 Å². The maximum Gasteiger partial charge on any atom is 0.312 e. The highest BCUT2D eigenvalue weighted by atomic mass is 16.5. The van der Waals surface area contributed by atoms with Gasteiger partial charge in [-0.15, -0.1) is 0 Å². The maximum atomic E-state index is 14.0. The number of esters is 1. The van der Waals surface area contributed by atoms with Gasteiger partial charge in [-0.3, -0.25) is 14.4 Å². The lowest BCUT2D eigenvalue weighted by molar-refractivity contribution is -0.159. The van der Waals surface area contributed by atoms with E-state index in [4.69, 9.17) is 14.2 Å². The van der Waals surface area contributed by atoms with E-state index in [-0.39, 0.29) is 76.6 Å². The van der Waals surface area contributed by atoms with E-state index in [0.29, 0.717) is 38.0 Å². The molecule has 0 radical (unpaired) electrons. The molecule has 0 aliphatic heterocycles. The smallest absolute Gasteiger partial charge is 0.312 e. The predicted octanol–water partition coefficient (Wildman–Crippen LogP) is 7.41. The monoisotopic (exact) mass is 703 g/mol. The first kappa shape index (κ1) is 35.6. The van der Waals surface area contributed by atoms with Crippen LogP contribution in [0.4, 0.5) is 0 Å². The highest BCUT2D eigenvalue weighted by molar-refractivity contribution is 5.98. The molecule has 2 bridgehead atoms. The Balaban J connectivity index is 1.01. The minimum Gasteiger partial charge on any atom is -0.496 e. The van der Waals surface area contributed by atoms with Crippen LogP contribution in [0.15, 0.2) is 66.7 Å². The third-order valence-electron chi connectivity index (χ3n) is 12.3. The Kier molecular flexibility index (Phi) is 10.0. The average Bonchev–Trinajstić information content (AvgIpc) is 3.16. The van der Waals surface area contributed by atoms with Gasteiger partial charge >= 0.3 is 5.97 Å². The summed E-state index contributed by atoms with van der Waals surface area (Å²) in [7, 11) is 1.47. The lowest BCUT2D eigenvalue weighted by atomic mass is 9.65. The van der Waals surface area contributed by atoms with Crippen molar-refractivity contribution in [3.63, 3.8) is 0 Å². The van der Waals surface area contributed by atoms with Crippen molar-refractivity contribution in [2.75, 3.05) is 13.7 Å². The van der Waals surface area contributed by atoms with Crippen LogP contribution in [-0.4, -0.2) is 43.6 Å². The molecule has 8 rings (SSSR count). The summed E-state index contributed by atoms with van der Waals surface area (Å²) in [5.74, 6) is -0.267. The molecular formula is C43H49N3O6. The Morgan fingerprint density at radius 2 is 1.63 bits per heavy atom. The molecule has 0 spiro atoms. The van der Waals surface area contributed by atoms with Crippen molar-refractivity contribution >= 4 is 28.6 Å². The van der Waals surface area contributed by atoms with Gasteiger partial charge < -0.3 is 24.8 Å². The summed E-state index contributed by atoms with van der Waals surface area (Å²) in [6.07, 6.45) is 11.6. The van der Waals surface area contributed by atoms with Gasteiger partial charge in [0.25, 0.3) is 5.91 Å². The predicted molar refractivity (Wildman–Crippen MR) is 198 cm³/mol. The van der Waals surface area contributed by atoms with Gasteiger partial charge in [-0.25, -0.2) is 0 Å². The van der Waals surface area contributed by atoms with Crippen LogP contribution in [0.25, 0.3) is 10.8 Å². The molecule has 0 saturated heterocycles. The number of rotatable bonds is 11. The summed E-state index contributed by atoms with van der Waals surface area (Å²) in [6.45, 7) is 5.02. The molecule has 2 N–H and O–H groups in total. The molecule has 0 unspecified atom stereocenters. The fourth-order valence-electron chi connectivity index (χ4n) is 8.71. The van der Waals surface area contributed by atoms with E-state index in [2.05, 4.69) is 35.8 Å². The summed E-state index contributed by atoms with van der Waals surface area (Å²) in [5.41, 5.74) is 0.987. The van der Waals surface area contributed by atoms with Crippen LogP contribution in [0.1, 0.15) is 93.1 Å². The summed E-state index contributed by atoms with van der Waals surface area (Å²) < 4.78 is 17.9. The number of ether oxygens (including phenoxy) is 3. The Labute approximate surface area is 306 Å². The molecule has 4 atom stereocenters. The lowest BCUT2D eigenvalue weighted by Gasteiger charge is -2.45. The number of carbonyl (C=O) groups excluding carboxylic acids is 3. The van der Waals surface area contributed by atoms with Crippen molar-refractivity contribution in [1.82, 2.24) is 10.6 Å². The van der Waals surface area contributed by atoms with Crippen molar-refractivity contribution < 1.29 is 28.6 Å². The van der Waals surface area contributed by atoms with E-state index in [1.54, 1.807) is 6.07 Å². The van der Waals surface area contributed by atoms with Gasteiger partial charge in [0, 0.05) is 18.7 Å². The maximum absolute atomic E-state index is 14.0. The molecule has 52 heavy (non-hydrogen) atoms. The zero-order valence-corrected chi connectivity index (χ0v) is 30.4. The SMILES string of the molecule is COc1cc(C#N)c(O[C@H]2CC[C@@](C)(C(=O)OCc3cccc4ccccc34)CC2)cc1C(=O)N[C@H]1[C@@H](C(=O)NCC2(C)CCC2)[C@H]2C=C[C@@H]1CC2. The minimum atomic E-state index is -0.653. The van der Waals surface area contributed by atoms with Crippen LogP contribution in [0.5, 0.6) is 11.5 Å². The van der Waals surface area contributed by atoms with E-state index in [1.807, 2.05) is 49.4 Å². The zero-order chi connectivity index (χ0) is 36.5. The van der Waals surface area contributed by atoms with E-state index >= 15 is 0 Å². The second-order valence-electron chi connectivity index (χ2n) is 15.9. The van der Waals surface area contributed by atoms with Gasteiger partial charge in [-0.2, -0.15) is 5.26 Å². The first-order chi connectivity index (χ1) is 25.1. The Morgan fingerprint density at radius 1 is 0.904 bits per heavy atom. The van der Waals surface area contributed by atoms with Crippen LogP contribution in [-0.2, 0) is 20.9 Å². The highest BCUT2D eigenvalue weighted by Crippen LogP contribution is 2.44. The van der Waals surface area contributed by atoms with Crippen molar-refractivity contribution in [2.45, 2.75) is 90.4 Å². The third kappa shape index (κ3) is 7.13. The molecule has 272 valence electrons. The number of nitrogens with one attached hydrogen (secondary N) is 2. The number of carbonyl (C=O) groups is 3. The average molecular weight is 704 g/mol. The molecule has 9 heteroatoms. The number of methoxy groups -OCH3 is 1. The Bertz CT molecular complexity index is 1910. The van der Waals surface area contributed by atoms with E-state index in [1.165, 1.54) is 19.6 Å². The van der Waals surface area contributed by atoms with Crippen LogP contribution < -0.4 is 20.1 Å². The fraction of sp³-hybridized carbons (Fsp3) is 0.488. The molecule has 2 amide bonds. The number of benzene rings is 3. The summed E-state index contributed by atoms with van der Waals surface area (Å²) in [4.78, 5) is 41.0. The molecule has 3 aromatic carbocycles. The summed E-state index contributed by atoms with van der Waals surface area (Å²) in [6, 6.07) is 19.0. The number of hydrogen-bond donors (Lipinski definition) is 2. The fourth-order valence-corrected chi connectivity index (χ4v) is 8.71. The standard InChI is InChI=1S/C43H49N3O6/c1-42(18-7-19-42)26-45-40(48)37-28-12-14-29(15-13-28)38(37)46-39(47)34-23-35(31(24-44)22-36(34)50-3)52-32-16-20-43(2,21-17-32)41(49)51-25-30-10-6-9-27-8-4-5-11-33(27)30/h4-6,8-12,14,22-23,28-29,32,37-38H,7,13,15-21,25-26H2,1-3H3,(H,45,48)(H,46,47)/t28-,29+,32-,37-,38+,43+/m0/s1. The normalized spacial score (nSPS) is 27.2. The molecule has 5 aliphatic rings. The topological polar surface area (TPSA) is 127 Å². The van der Waals surface area contributed by atoms with Gasteiger partial charge in [0.2, 0.25) is 5.91 Å². The second kappa shape index (κ2) is 14.7. The van der Waals surface area contributed by atoms with Gasteiger partial charge in [-0.1, -0.05) is 68.0 Å². The van der Waals surface area contributed by atoms with Crippen LogP contribution >= 0.6 is 0 Å². The third-order valence-corrected chi connectivity index (χ3v) is 12.3. The number of fused-ring (bicyclic) bond motifs is 3. The molecule has 3 saturated carbocycles. The Hall–Kier alpha value is -4.84. The number of nitriles is 1. The highest BCUT2D eigenvalue weighted by Gasteiger charge is 2.46. The zero-order valence-electron chi connectivity index (χ0n) is 30.4. The first-order valence-corrected chi connectivity index (χ1v) is 18.8. The molecule has 3 fully saturated rings. The van der Waals surface area contributed by atoms with Crippen molar-refractivity contribution in [3.05, 3.63) is 83.4 Å². The number of nitrogens with zero attached hydrogens (tertiary/aromatic N) is 1. The molecule has 3 aromatic rings. The summed E-state index contributed by atoms with van der Waals surface area (Å²) in [5, 5.41) is 18.6. The first-order valence-electron chi connectivity index (χ1n) is 18.8. The number of allylic oxidation sites excluding steroid dienone is 1. The van der Waals surface area contributed by atoms with Crippen LogP contribution in [0.2, 0.25) is 0 Å². The van der Waals surface area contributed by atoms with Gasteiger partial charge in [0.05, 0.1) is 35.7 Å². The van der Waals surface area contributed by atoms with Crippen molar-refractivity contribution in [3.8, 4) is 17.6 Å². The number of hydrogen-bond acceptors (Lipinski definition) is 7. The van der Waals surface area contributed by atoms with Crippen molar-refractivity contribution in [1.29, 1.82) is 5.26 Å². The van der Waals surface area contributed by atoms with E-state index in [9.17, 15) is 19.6 Å². The van der Waals surface area contributed by atoms with Crippen LogP contribution in [0.3, 0.4) is 0 Å². The molecule has 9 nitrogen and oxygen atoms in total. The second-order valence-corrected chi connectivity index (χ2v) is 15.9. The van der Waals surface area contributed by atoms with E-state index in [0.717, 1.165) is 42.0 Å². The minimum absolute atomic E-state index is 0.00460. The number of amides is 2. The Morgan fingerprint density at radius 3 is 2.33 bits per heavy atom. The quantitative estimate of drug-likeness (QED) is 0.157. The largest absolute Gasteiger partial charge is 0.496 e. The molecular weight excluding hydrogens is 654 g/mol. The summed E-state index contributed by atoms with van der Waals surface area (Å²) >= 11 is 0. The van der Waals surface area contributed by atoms with E-state index < -0.39 is 5.41 Å². The molecule has 0 aromatic heterocycles. The molecule has 5 aliphatic carbocycles. The lowest BCUT2D eigenvalue weighted by Crippen LogP contribution is -2.57. The van der Waals surface area contributed by atoms with Crippen LogP contribution in [0, 0.1) is 39.9 Å². The van der Waals surface area contributed by atoms with Crippen molar-refractivity contribution in [2.24, 2.45) is 28.6 Å². The van der Waals surface area contributed by atoms with Gasteiger partial charge in [-0.05, 0) is 97.9 Å².